The van der Waals surface area contributed by atoms with Crippen molar-refractivity contribution in [2.45, 2.75) is 59.4 Å². The summed E-state index contributed by atoms with van der Waals surface area (Å²) in [5, 5.41) is 3.37. The zero-order valence-electron chi connectivity index (χ0n) is 17.6. The van der Waals surface area contributed by atoms with Crippen molar-refractivity contribution in [3.63, 3.8) is 0 Å². The SMILES string of the molecule is CCC[C@@H](CCC(C)C)C(=O)NC(=O)N1CCN(c2ccc(Cl)cc2)[C@H](C)C1. The van der Waals surface area contributed by atoms with Crippen LogP contribution < -0.4 is 10.2 Å². The van der Waals surface area contributed by atoms with Gasteiger partial charge in [0.1, 0.15) is 0 Å². The third-order valence-corrected chi connectivity index (χ3v) is 5.66. The Balaban J connectivity index is 1.90. The van der Waals surface area contributed by atoms with Crippen LogP contribution >= 0.6 is 11.6 Å². The lowest BCUT2D eigenvalue weighted by Gasteiger charge is -2.41. The number of rotatable bonds is 7. The van der Waals surface area contributed by atoms with Gasteiger partial charge in [-0.15, -0.1) is 0 Å². The molecule has 1 aliphatic heterocycles. The second kappa shape index (κ2) is 10.7. The van der Waals surface area contributed by atoms with Gasteiger partial charge in [0.15, 0.2) is 0 Å². The van der Waals surface area contributed by atoms with Crippen LogP contribution in [0.1, 0.15) is 53.4 Å². The first-order valence-electron chi connectivity index (χ1n) is 10.4. The van der Waals surface area contributed by atoms with Gasteiger partial charge >= 0.3 is 6.03 Å². The number of carbonyl (C=O) groups is 2. The Morgan fingerprint density at radius 3 is 2.39 bits per heavy atom. The number of imide groups is 1. The van der Waals surface area contributed by atoms with Crippen molar-refractivity contribution in [3.05, 3.63) is 29.3 Å². The van der Waals surface area contributed by atoms with Gasteiger partial charge in [-0.1, -0.05) is 45.2 Å². The molecular weight excluding hydrogens is 374 g/mol. The number of hydrogen-bond acceptors (Lipinski definition) is 3. The van der Waals surface area contributed by atoms with E-state index in [0.717, 1.165) is 37.9 Å². The largest absolute Gasteiger partial charge is 0.365 e. The van der Waals surface area contributed by atoms with Gasteiger partial charge in [-0.25, -0.2) is 4.79 Å². The maximum Gasteiger partial charge on any atom is 0.324 e. The number of nitrogens with zero attached hydrogens (tertiary/aromatic N) is 2. The summed E-state index contributed by atoms with van der Waals surface area (Å²) >= 11 is 5.98. The summed E-state index contributed by atoms with van der Waals surface area (Å²) in [7, 11) is 0. The Bertz CT molecular complexity index is 648. The van der Waals surface area contributed by atoms with Crippen molar-refractivity contribution in [1.82, 2.24) is 10.2 Å². The summed E-state index contributed by atoms with van der Waals surface area (Å²) in [4.78, 5) is 29.3. The minimum atomic E-state index is -0.266. The molecule has 156 valence electrons. The van der Waals surface area contributed by atoms with E-state index < -0.39 is 0 Å². The molecule has 2 rings (SSSR count). The lowest BCUT2D eigenvalue weighted by molar-refractivity contribution is -0.124. The number of amides is 3. The molecule has 0 saturated carbocycles. The first kappa shape index (κ1) is 22.5. The van der Waals surface area contributed by atoms with E-state index in [9.17, 15) is 9.59 Å². The van der Waals surface area contributed by atoms with Crippen molar-refractivity contribution >= 4 is 29.2 Å². The standard InChI is InChI=1S/C22H34ClN3O2/c1-5-6-18(8-7-16(2)3)21(27)24-22(28)25-13-14-26(17(4)15-25)20-11-9-19(23)10-12-20/h9-12,16-18H,5-8,13-15H2,1-4H3,(H,24,27,28)/t17-,18+/m1/s1. The highest BCUT2D eigenvalue weighted by Crippen LogP contribution is 2.23. The third-order valence-electron chi connectivity index (χ3n) is 5.40. The van der Waals surface area contributed by atoms with Gasteiger partial charge in [-0.3, -0.25) is 10.1 Å². The molecule has 0 unspecified atom stereocenters. The predicted molar refractivity (Wildman–Crippen MR) is 116 cm³/mol. The van der Waals surface area contributed by atoms with Crippen molar-refractivity contribution in [3.8, 4) is 0 Å². The Kier molecular flexibility index (Phi) is 8.61. The molecule has 0 bridgehead atoms. The number of halogens is 1. The van der Waals surface area contributed by atoms with E-state index in [-0.39, 0.29) is 23.9 Å². The fourth-order valence-electron chi connectivity index (χ4n) is 3.73. The molecule has 3 amide bonds. The molecule has 0 spiro atoms. The summed E-state index contributed by atoms with van der Waals surface area (Å²) in [6.45, 7) is 10.4. The summed E-state index contributed by atoms with van der Waals surface area (Å²) in [5.74, 6) is 0.356. The van der Waals surface area contributed by atoms with Crippen molar-refractivity contribution in [2.75, 3.05) is 24.5 Å². The molecule has 1 aliphatic rings. The second-order valence-electron chi connectivity index (χ2n) is 8.22. The molecule has 1 aromatic carbocycles. The molecule has 1 N–H and O–H groups in total. The van der Waals surface area contributed by atoms with E-state index in [1.54, 1.807) is 4.90 Å². The number of carbonyl (C=O) groups excluding carboxylic acids is 2. The van der Waals surface area contributed by atoms with Crippen LogP contribution in [-0.4, -0.2) is 42.5 Å². The zero-order valence-corrected chi connectivity index (χ0v) is 18.3. The topological polar surface area (TPSA) is 52.7 Å². The molecule has 1 fully saturated rings. The van der Waals surface area contributed by atoms with E-state index in [2.05, 4.69) is 37.9 Å². The Labute approximate surface area is 174 Å². The summed E-state index contributed by atoms with van der Waals surface area (Å²) in [6, 6.07) is 7.67. The van der Waals surface area contributed by atoms with E-state index in [4.69, 9.17) is 11.6 Å². The number of nitrogens with one attached hydrogen (secondary N) is 1. The van der Waals surface area contributed by atoms with Crippen LogP contribution in [-0.2, 0) is 4.79 Å². The first-order valence-corrected chi connectivity index (χ1v) is 10.8. The van der Waals surface area contributed by atoms with Crippen LogP contribution in [0.15, 0.2) is 24.3 Å². The Morgan fingerprint density at radius 1 is 1.14 bits per heavy atom. The molecule has 28 heavy (non-hydrogen) atoms. The molecule has 1 aromatic rings. The van der Waals surface area contributed by atoms with Crippen LogP contribution in [0.5, 0.6) is 0 Å². The number of benzene rings is 1. The quantitative estimate of drug-likeness (QED) is 0.696. The maximum atomic E-state index is 12.6. The molecule has 2 atom stereocenters. The third kappa shape index (κ3) is 6.40. The lowest BCUT2D eigenvalue weighted by Crippen LogP contribution is -2.57. The minimum Gasteiger partial charge on any atom is -0.365 e. The van der Waals surface area contributed by atoms with Crippen LogP contribution in [0.4, 0.5) is 10.5 Å². The van der Waals surface area contributed by atoms with Gasteiger partial charge in [0.25, 0.3) is 0 Å². The van der Waals surface area contributed by atoms with Gasteiger partial charge in [0, 0.05) is 42.3 Å². The van der Waals surface area contributed by atoms with Crippen molar-refractivity contribution in [2.24, 2.45) is 11.8 Å². The van der Waals surface area contributed by atoms with E-state index in [0.29, 0.717) is 24.0 Å². The van der Waals surface area contributed by atoms with Crippen LogP contribution in [0, 0.1) is 11.8 Å². The number of anilines is 1. The lowest BCUT2D eigenvalue weighted by atomic mass is 9.93. The van der Waals surface area contributed by atoms with Crippen molar-refractivity contribution in [1.29, 1.82) is 0 Å². The minimum absolute atomic E-state index is 0.0795. The van der Waals surface area contributed by atoms with Gasteiger partial charge in [0.05, 0.1) is 0 Å². The number of hydrogen-bond donors (Lipinski definition) is 1. The molecule has 0 radical (unpaired) electrons. The van der Waals surface area contributed by atoms with Crippen LogP contribution in [0.2, 0.25) is 5.02 Å². The molecule has 0 aliphatic carbocycles. The number of urea groups is 1. The normalized spacial score (nSPS) is 18.3. The van der Waals surface area contributed by atoms with E-state index in [1.165, 1.54) is 0 Å². The highest BCUT2D eigenvalue weighted by Gasteiger charge is 2.29. The highest BCUT2D eigenvalue weighted by atomic mass is 35.5. The van der Waals surface area contributed by atoms with E-state index in [1.807, 2.05) is 24.3 Å². The Morgan fingerprint density at radius 2 is 1.82 bits per heavy atom. The summed E-state index contributed by atoms with van der Waals surface area (Å²) < 4.78 is 0. The first-order chi connectivity index (χ1) is 13.3. The van der Waals surface area contributed by atoms with E-state index >= 15 is 0 Å². The second-order valence-corrected chi connectivity index (χ2v) is 8.65. The maximum absolute atomic E-state index is 12.6. The summed E-state index contributed by atoms with van der Waals surface area (Å²) in [5.41, 5.74) is 1.10. The molecular formula is C22H34ClN3O2. The van der Waals surface area contributed by atoms with Crippen LogP contribution in [0.25, 0.3) is 0 Å². The molecule has 0 aromatic heterocycles. The van der Waals surface area contributed by atoms with Gasteiger partial charge < -0.3 is 9.80 Å². The fraction of sp³-hybridized carbons (Fsp3) is 0.636. The molecule has 6 heteroatoms. The highest BCUT2D eigenvalue weighted by molar-refractivity contribution is 6.30. The predicted octanol–water partition coefficient (Wildman–Crippen LogP) is 4.94. The Hall–Kier alpha value is -1.75. The number of piperazine rings is 1. The van der Waals surface area contributed by atoms with Gasteiger partial charge in [0.2, 0.25) is 5.91 Å². The summed E-state index contributed by atoms with van der Waals surface area (Å²) in [6.07, 6.45) is 3.61. The van der Waals surface area contributed by atoms with Crippen molar-refractivity contribution < 1.29 is 9.59 Å². The van der Waals surface area contributed by atoms with Gasteiger partial charge in [-0.05, 0) is 49.9 Å². The average molecular weight is 408 g/mol. The monoisotopic (exact) mass is 407 g/mol. The molecule has 5 nitrogen and oxygen atoms in total. The molecule has 1 saturated heterocycles. The zero-order chi connectivity index (χ0) is 20.7. The molecule has 1 heterocycles. The van der Waals surface area contributed by atoms with Crippen LogP contribution in [0.3, 0.4) is 0 Å². The average Bonchev–Trinajstić information content (AvgIpc) is 2.65. The smallest absolute Gasteiger partial charge is 0.324 e. The fourth-order valence-corrected chi connectivity index (χ4v) is 3.86. The van der Waals surface area contributed by atoms with Gasteiger partial charge in [-0.2, -0.15) is 0 Å².